The molecule has 1 fully saturated rings. The fraction of sp³-hybridized carbons (Fsp3) is 1.00. The Bertz CT molecular complexity index is 186. The van der Waals surface area contributed by atoms with Gasteiger partial charge in [0.15, 0.2) is 0 Å². The Kier molecular flexibility index (Phi) is 10.5. The largest absolute Gasteiger partial charge is 0.314 e. The van der Waals surface area contributed by atoms with Crippen LogP contribution in [0.4, 0.5) is 0 Å². The molecule has 1 rings (SSSR count). The normalized spacial score (nSPS) is 16.7. The molecule has 1 nitrogen and oxygen atoms in total. The topological polar surface area (TPSA) is 12.0 Å². The van der Waals surface area contributed by atoms with Crippen LogP contribution in [0.5, 0.6) is 0 Å². The Hall–Kier alpha value is -0.0400. The van der Waals surface area contributed by atoms with Crippen molar-refractivity contribution >= 4 is 0 Å². The molecule has 1 aliphatic carbocycles. The molecule has 0 bridgehead atoms. The second-order valence-corrected chi connectivity index (χ2v) is 6.55. The number of rotatable bonds is 14. The van der Waals surface area contributed by atoms with Gasteiger partial charge in [0.05, 0.1) is 0 Å². The van der Waals surface area contributed by atoms with Gasteiger partial charge in [-0.05, 0) is 25.3 Å². The van der Waals surface area contributed by atoms with Crippen LogP contribution in [0.2, 0.25) is 0 Å². The first-order valence-electron chi connectivity index (χ1n) is 9.10. The van der Waals surface area contributed by atoms with Gasteiger partial charge >= 0.3 is 0 Å². The molecule has 1 saturated carbocycles. The Morgan fingerprint density at radius 1 is 0.842 bits per heavy atom. The molecule has 1 atom stereocenters. The molecular weight excluding hydrogens is 230 g/mol. The maximum absolute atomic E-state index is 3.68. The second-order valence-electron chi connectivity index (χ2n) is 6.55. The summed E-state index contributed by atoms with van der Waals surface area (Å²) >= 11 is 0. The third-order valence-electron chi connectivity index (χ3n) is 4.46. The second kappa shape index (κ2) is 11.8. The van der Waals surface area contributed by atoms with Crippen LogP contribution < -0.4 is 5.32 Å². The fourth-order valence-electron chi connectivity index (χ4n) is 3.05. The Labute approximate surface area is 121 Å². The van der Waals surface area contributed by atoms with E-state index in [1.165, 1.54) is 83.5 Å². The number of hydrogen-bond acceptors (Lipinski definition) is 1. The van der Waals surface area contributed by atoms with E-state index in [-0.39, 0.29) is 0 Å². The van der Waals surface area contributed by atoms with Crippen molar-refractivity contribution in [1.82, 2.24) is 5.32 Å². The molecule has 0 aromatic carbocycles. The average Bonchev–Trinajstić information content (AvgIpc) is 3.21. The van der Waals surface area contributed by atoms with E-state index in [2.05, 4.69) is 19.2 Å². The summed E-state index contributed by atoms with van der Waals surface area (Å²) in [5.41, 5.74) is 0. The zero-order valence-corrected chi connectivity index (χ0v) is 13.6. The van der Waals surface area contributed by atoms with Crippen molar-refractivity contribution in [2.45, 2.75) is 103 Å². The molecule has 114 valence electrons. The molecular formula is C18H37N. The van der Waals surface area contributed by atoms with Crippen molar-refractivity contribution in [3.63, 3.8) is 0 Å². The SMILES string of the molecule is CCCCCCCCCCCC(CC1CC1)NCC. The molecule has 1 unspecified atom stereocenters. The quantitative estimate of drug-likeness (QED) is 0.399. The first-order chi connectivity index (χ1) is 9.36. The molecule has 19 heavy (non-hydrogen) atoms. The van der Waals surface area contributed by atoms with Gasteiger partial charge in [0, 0.05) is 6.04 Å². The molecule has 1 N–H and O–H groups in total. The molecule has 0 spiro atoms. The third-order valence-corrected chi connectivity index (χ3v) is 4.46. The average molecular weight is 268 g/mol. The maximum Gasteiger partial charge on any atom is 0.00695 e. The summed E-state index contributed by atoms with van der Waals surface area (Å²) in [6.07, 6.45) is 18.9. The summed E-state index contributed by atoms with van der Waals surface area (Å²) in [4.78, 5) is 0. The van der Waals surface area contributed by atoms with Crippen molar-refractivity contribution in [3.05, 3.63) is 0 Å². The van der Waals surface area contributed by atoms with Gasteiger partial charge in [0.25, 0.3) is 0 Å². The van der Waals surface area contributed by atoms with Gasteiger partial charge in [0.2, 0.25) is 0 Å². The first-order valence-corrected chi connectivity index (χ1v) is 9.10. The summed E-state index contributed by atoms with van der Waals surface area (Å²) in [6, 6.07) is 0.821. The summed E-state index contributed by atoms with van der Waals surface area (Å²) in [6.45, 7) is 5.69. The van der Waals surface area contributed by atoms with Crippen LogP contribution in [0.25, 0.3) is 0 Å². The fourth-order valence-corrected chi connectivity index (χ4v) is 3.05. The maximum atomic E-state index is 3.68. The minimum Gasteiger partial charge on any atom is -0.314 e. The lowest BCUT2D eigenvalue weighted by molar-refractivity contribution is 0.420. The van der Waals surface area contributed by atoms with E-state index in [1.54, 1.807) is 0 Å². The smallest absolute Gasteiger partial charge is 0.00695 e. The van der Waals surface area contributed by atoms with E-state index in [9.17, 15) is 0 Å². The highest BCUT2D eigenvalue weighted by atomic mass is 14.9. The van der Waals surface area contributed by atoms with Crippen LogP contribution >= 0.6 is 0 Å². The molecule has 0 aromatic rings. The monoisotopic (exact) mass is 267 g/mol. The van der Waals surface area contributed by atoms with Gasteiger partial charge in [-0.1, -0.05) is 84.5 Å². The van der Waals surface area contributed by atoms with Crippen molar-refractivity contribution in [2.24, 2.45) is 5.92 Å². The molecule has 0 aromatic heterocycles. The molecule has 0 radical (unpaired) electrons. The summed E-state index contributed by atoms with van der Waals surface area (Å²) in [5, 5.41) is 3.68. The standard InChI is InChI=1S/C18H37N/c1-3-5-6-7-8-9-10-11-12-13-18(19-4-2)16-17-14-15-17/h17-19H,3-16H2,1-2H3. The number of hydrogen-bond donors (Lipinski definition) is 1. The zero-order chi connectivity index (χ0) is 13.8. The molecule has 1 aliphatic rings. The lowest BCUT2D eigenvalue weighted by Gasteiger charge is -2.17. The predicted molar refractivity (Wildman–Crippen MR) is 86.6 cm³/mol. The van der Waals surface area contributed by atoms with Crippen LogP contribution in [0.3, 0.4) is 0 Å². The molecule has 0 amide bonds. The highest BCUT2D eigenvalue weighted by Crippen LogP contribution is 2.34. The van der Waals surface area contributed by atoms with Gasteiger partial charge in [-0.3, -0.25) is 0 Å². The van der Waals surface area contributed by atoms with Gasteiger partial charge in [0.1, 0.15) is 0 Å². The molecule has 0 heterocycles. The van der Waals surface area contributed by atoms with Gasteiger partial charge in [-0.25, -0.2) is 0 Å². The van der Waals surface area contributed by atoms with Crippen LogP contribution in [-0.2, 0) is 0 Å². The Balaban J connectivity index is 1.84. The van der Waals surface area contributed by atoms with Gasteiger partial charge in [-0.15, -0.1) is 0 Å². The Morgan fingerprint density at radius 2 is 1.42 bits per heavy atom. The highest BCUT2D eigenvalue weighted by molar-refractivity contribution is 4.79. The van der Waals surface area contributed by atoms with Crippen molar-refractivity contribution < 1.29 is 0 Å². The van der Waals surface area contributed by atoms with E-state index in [4.69, 9.17) is 0 Å². The van der Waals surface area contributed by atoms with E-state index in [0.717, 1.165) is 18.5 Å². The Morgan fingerprint density at radius 3 is 1.95 bits per heavy atom. The van der Waals surface area contributed by atoms with Crippen molar-refractivity contribution in [1.29, 1.82) is 0 Å². The highest BCUT2D eigenvalue weighted by Gasteiger charge is 2.24. The minimum atomic E-state index is 0.821. The summed E-state index contributed by atoms with van der Waals surface area (Å²) < 4.78 is 0. The third kappa shape index (κ3) is 10.4. The summed E-state index contributed by atoms with van der Waals surface area (Å²) in [7, 11) is 0. The van der Waals surface area contributed by atoms with Gasteiger partial charge < -0.3 is 5.32 Å². The lowest BCUT2D eigenvalue weighted by atomic mass is 10.0. The van der Waals surface area contributed by atoms with E-state index >= 15 is 0 Å². The zero-order valence-electron chi connectivity index (χ0n) is 13.6. The minimum absolute atomic E-state index is 0.821. The van der Waals surface area contributed by atoms with E-state index < -0.39 is 0 Å². The molecule has 0 saturated heterocycles. The van der Waals surface area contributed by atoms with Gasteiger partial charge in [-0.2, -0.15) is 0 Å². The molecule has 1 heteroatoms. The van der Waals surface area contributed by atoms with E-state index in [0.29, 0.717) is 0 Å². The predicted octanol–water partition coefficient (Wildman–Crippen LogP) is 5.69. The first kappa shape index (κ1) is 17.0. The van der Waals surface area contributed by atoms with Crippen LogP contribution in [-0.4, -0.2) is 12.6 Å². The number of unbranched alkanes of at least 4 members (excludes halogenated alkanes) is 8. The van der Waals surface area contributed by atoms with Crippen molar-refractivity contribution in [2.75, 3.05) is 6.54 Å². The molecule has 0 aliphatic heterocycles. The van der Waals surface area contributed by atoms with Crippen LogP contribution in [0, 0.1) is 5.92 Å². The van der Waals surface area contributed by atoms with Crippen LogP contribution in [0.15, 0.2) is 0 Å². The van der Waals surface area contributed by atoms with E-state index in [1.807, 2.05) is 0 Å². The number of nitrogens with one attached hydrogen (secondary N) is 1. The summed E-state index contributed by atoms with van der Waals surface area (Å²) in [5.74, 6) is 1.07. The van der Waals surface area contributed by atoms with Crippen molar-refractivity contribution in [3.8, 4) is 0 Å². The lowest BCUT2D eigenvalue weighted by Crippen LogP contribution is -2.29. The van der Waals surface area contributed by atoms with Crippen LogP contribution in [0.1, 0.15) is 97.3 Å².